The Kier molecular flexibility index (Phi) is 5.75. The molecule has 1 N–H and O–H groups in total. The Balaban J connectivity index is 1.47. The van der Waals surface area contributed by atoms with Crippen LogP contribution in [-0.2, 0) is 6.42 Å². The molecular formula is C23H25ClN6OS. The van der Waals surface area contributed by atoms with Gasteiger partial charge in [-0.05, 0) is 56.5 Å². The lowest BCUT2D eigenvalue weighted by Gasteiger charge is -2.33. The molecule has 0 radical (unpaired) electrons. The van der Waals surface area contributed by atoms with Crippen molar-refractivity contribution in [3.8, 4) is 11.8 Å². The van der Waals surface area contributed by atoms with Gasteiger partial charge in [0.25, 0.3) is 0 Å². The van der Waals surface area contributed by atoms with E-state index in [4.69, 9.17) is 21.3 Å². The largest absolute Gasteiger partial charge is 0.423 e. The van der Waals surface area contributed by atoms with Gasteiger partial charge in [-0.3, -0.25) is 0 Å². The minimum absolute atomic E-state index is 0.269. The van der Waals surface area contributed by atoms with Gasteiger partial charge in [0.2, 0.25) is 0 Å². The van der Waals surface area contributed by atoms with Crippen LogP contribution in [0, 0.1) is 6.92 Å². The molecule has 0 bridgehead atoms. The van der Waals surface area contributed by atoms with Crippen LogP contribution in [0.3, 0.4) is 0 Å². The van der Waals surface area contributed by atoms with Crippen LogP contribution in [0.1, 0.15) is 23.7 Å². The zero-order chi connectivity index (χ0) is 22.2. The summed E-state index contributed by atoms with van der Waals surface area (Å²) >= 11 is 8.08. The summed E-state index contributed by atoms with van der Waals surface area (Å²) in [5.41, 5.74) is 4.50. The maximum Gasteiger partial charge on any atom is 0.325 e. The first-order valence-corrected chi connectivity index (χ1v) is 11.8. The Morgan fingerprint density at radius 1 is 1.09 bits per heavy atom. The zero-order valence-corrected chi connectivity index (χ0v) is 19.9. The van der Waals surface area contributed by atoms with Gasteiger partial charge in [-0.25, -0.2) is 0 Å². The van der Waals surface area contributed by atoms with Crippen molar-refractivity contribution in [1.29, 1.82) is 0 Å². The van der Waals surface area contributed by atoms with Crippen molar-refractivity contribution in [1.82, 2.24) is 19.2 Å². The number of hydrogen-bond acceptors (Lipinski definition) is 8. The maximum absolute atomic E-state index is 6.68. The average molecular weight is 469 g/mol. The highest BCUT2D eigenvalue weighted by Gasteiger charge is 2.20. The van der Waals surface area contributed by atoms with E-state index in [0.29, 0.717) is 16.6 Å². The minimum atomic E-state index is 0.269. The number of anilines is 3. The van der Waals surface area contributed by atoms with Crippen LogP contribution in [-0.4, -0.2) is 52.5 Å². The third kappa shape index (κ3) is 4.44. The first-order valence-electron chi connectivity index (χ1n) is 10.6. The van der Waals surface area contributed by atoms with E-state index in [0.717, 1.165) is 54.7 Å². The molecule has 1 saturated heterocycles. The van der Waals surface area contributed by atoms with Crippen molar-refractivity contribution in [2.45, 2.75) is 20.3 Å². The molecule has 7 nitrogen and oxygen atoms in total. The smallest absolute Gasteiger partial charge is 0.325 e. The summed E-state index contributed by atoms with van der Waals surface area (Å²) in [7, 11) is 2.14. The quantitative estimate of drug-likeness (QED) is 0.555. The Labute approximate surface area is 196 Å². The van der Waals surface area contributed by atoms with Crippen LogP contribution in [0.5, 0.6) is 11.8 Å². The van der Waals surface area contributed by atoms with E-state index < -0.39 is 0 Å². The van der Waals surface area contributed by atoms with E-state index >= 15 is 0 Å². The molecule has 9 heteroatoms. The number of piperazine rings is 1. The molecule has 5 rings (SSSR count). The summed E-state index contributed by atoms with van der Waals surface area (Å²) in [4.78, 5) is 13.9. The van der Waals surface area contributed by atoms with Gasteiger partial charge >= 0.3 is 6.01 Å². The van der Waals surface area contributed by atoms with Crippen molar-refractivity contribution in [3.63, 3.8) is 0 Å². The predicted molar refractivity (Wildman–Crippen MR) is 131 cm³/mol. The third-order valence-corrected chi connectivity index (χ3v) is 6.88. The number of aromatic nitrogens is 3. The number of rotatable bonds is 5. The number of likely N-dealkylation sites (N-methyl/N-ethyl adjacent to an activating group) is 1. The first kappa shape index (κ1) is 21.2. The number of allylic oxidation sites excluding steroid dienone is 1. The number of nitrogens with one attached hydrogen (secondary N) is 1. The summed E-state index contributed by atoms with van der Waals surface area (Å²) in [6.45, 7) is 7.85. The second-order valence-electron chi connectivity index (χ2n) is 8.36. The first-order chi connectivity index (χ1) is 15.4. The molecule has 1 fully saturated rings. The van der Waals surface area contributed by atoms with Gasteiger partial charge in [0.1, 0.15) is 22.4 Å². The van der Waals surface area contributed by atoms with Gasteiger partial charge in [-0.1, -0.05) is 29.3 Å². The lowest BCUT2D eigenvalue weighted by Crippen LogP contribution is -2.44. The second kappa shape index (κ2) is 8.69. The Hall–Kier alpha value is -2.68. The number of fused-ring (bicyclic) bond motifs is 1. The van der Waals surface area contributed by atoms with Crippen LogP contribution in [0.2, 0.25) is 5.02 Å². The molecule has 32 heavy (non-hydrogen) atoms. The van der Waals surface area contributed by atoms with Gasteiger partial charge < -0.3 is 19.9 Å². The fraction of sp³-hybridized carbons (Fsp3) is 0.348. The SMILES string of the molecule is CC1=Cc2c(ccc(Oc3nc(Nc4cc(C)ns4)cc(N4CCN(C)CC4)n3)c2Cl)C1. The Morgan fingerprint density at radius 2 is 1.91 bits per heavy atom. The van der Waals surface area contributed by atoms with E-state index in [2.05, 4.69) is 50.6 Å². The van der Waals surface area contributed by atoms with Gasteiger partial charge in [-0.2, -0.15) is 14.3 Å². The number of halogens is 1. The summed E-state index contributed by atoms with van der Waals surface area (Å²) in [6, 6.07) is 8.19. The molecule has 0 spiro atoms. The van der Waals surface area contributed by atoms with Crippen LogP contribution in [0.4, 0.5) is 16.6 Å². The molecule has 1 aromatic carbocycles. The predicted octanol–water partition coefficient (Wildman–Crippen LogP) is 5.14. The average Bonchev–Trinajstić information content (AvgIpc) is 3.35. The molecule has 1 aliphatic carbocycles. The van der Waals surface area contributed by atoms with Crippen molar-refractivity contribution < 1.29 is 4.74 Å². The molecule has 0 atom stereocenters. The van der Waals surface area contributed by atoms with Gasteiger partial charge in [-0.15, -0.1) is 0 Å². The molecular weight excluding hydrogens is 444 g/mol. The molecule has 3 heterocycles. The monoisotopic (exact) mass is 468 g/mol. The molecule has 2 aromatic heterocycles. The zero-order valence-electron chi connectivity index (χ0n) is 18.4. The summed E-state index contributed by atoms with van der Waals surface area (Å²) in [5, 5.41) is 4.87. The van der Waals surface area contributed by atoms with Crippen LogP contribution >= 0.6 is 23.1 Å². The summed E-state index contributed by atoms with van der Waals surface area (Å²) in [5.74, 6) is 2.06. The van der Waals surface area contributed by atoms with E-state index in [1.54, 1.807) is 0 Å². The van der Waals surface area contributed by atoms with Crippen LogP contribution in [0.25, 0.3) is 6.08 Å². The fourth-order valence-electron chi connectivity index (χ4n) is 3.97. The van der Waals surface area contributed by atoms with E-state index in [1.807, 2.05) is 25.1 Å². The second-order valence-corrected chi connectivity index (χ2v) is 9.54. The van der Waals surface area contributed by atoms with Crippen LogP contribution in [0.15, 0.2) is 29.8 Å². The number of aryl methyl sites for hydroxylation is 1. The number of benzene rings is 1. The summed E-state index contributed by atoms with van der Waals surface area (Å²) in [6.07, 6.45) is 3.04. The van der Waals surface area contributed by atoms with Crippen LogP contribution < -0.4 is 15.0 Å². The standard InChI is InChI=1S/C23H25ClN6OS/c1-14-10-16-4-5-18(22(24)17(16)11-14)31-23-26-19(25-21-12-15(2)28-32-21)13-20(27-23)30-8-6-29(3)7-9-30/h4-5,11-13H,6-10H2,1-3H3,(H,25,26,27). The highest BCUT2D eigenvalue weighted by Crippen LogP contribution is 2.39. The Bertz CT molecular complexity index is 1190. The van der Waals surface area contributed by atoms with Gasteiger partial charge in [0, 0.05) is 37.8 Å². The maximum atomic E-state index is 6.68. The molecule has 0 saturated carbocycles. The fourth-order valence-corrected chi connectivity index (χ4v) is 4.91. The molecule has 0 unspecified atom stereocenters. The van der Waals surface area contributed by atoms with Crippen molar-refractivity contribution in [2.75, 3.05) is 43.4 Å². The minimum Gasteiger partial charge on any atom is -0.423 e. The molecule has 1 aliphatic heterocycles. The van der Waals surface area contributed by atoms with Crippen molar-refractivity contribution >= 4 is 45.8 Å². The molecule has 2 aliphatic rings. The highest BCUT2D eigenvalue weighted by molar-refractivity contribution is 7.10. The van der Waals surface area contributed by atoms with Crippen molar-refractivity contribution in [2.24, 2.45) is 0 Å². The van der Waals surface area contributed by atoms with E-state index in [9.17, 15) is 0 Å². The van der Waals surface area contributed by atoms with Gasteiger partial charge in [0.15, 0.2) is 0 Å². The number of nitrogens with zero attached hydrogens (tertiary/aromatic N) is 5. The molecule has 166 valence electrons. The lowest BCUT2D eigenvalue weighted by molar-refractivity contribution is 0.311. The van der Waals surface area contributed by atoms with E-state index in [-0.39, 0.29) is 6.01 Å². The topological polar surface area (TPSA) is 66.4 Å². The number of hydrogen-bond donors (Lipinski definition) is 1. The normalized spacial score (nSPS) is 16.1. The summed E-state index contributed by atoms with van der Waals surface area (Å²) < 4.78 is 10.5. The van der Waals surface area contributed by atoms with Gasteiger partial charge in [0.05, 0.1) is 10.7 Å². The Morgan fingerprint density at radius 3 is 2.66 bits per heavy atom. The third-order valence-electron chi connectivity index (χ3n) is 5.69. The van der Waals surface area contributed by atoms with E-state index in [1.165, 1.54) is 22.7 Å². The number of ether oxygens (including phenoxy) is 1. The lowest BCUT2D eigenvalue weighted by atomic mass is 10.1. The molecule has 3 aromatic rings. The molecule has 0 amide bonds. The van der Waals surface area contributed by atoms with Crippen molar-refractivity contribution in [3.05, 3.63) is 51.7 Å². The highest BCUT2D eigenvalue weighted by atomic mass is 35.5.